The van der Waals surface area contributed by atoms with Crippen LogP contribution in [0.15, 0.2) is 59.6 Å². The Morgan fingerprint density at radius 1 is 1.21 bits per heavy atom. The highest BCUT2D eigenvalue weighted by atomic mass is 32.1. The fraction of sp³-hybridized carbons (Fsp3) is 0.364. The lowest BCUT2D eigenvalue weighted by Gasteiger charge is -2.30. The first-order valence-corrected chi connectivity index (χ1v) is 9.94. The molecule has 0 aromatic heterocycles. The van der Waals surface area contributed by atoms with Gasteiger partial charge in [0.1, 0.15) is 23.3 Å². The third-order valence-electron chi connectivity index (χ3n) is 5.10. The van der Waals surface area contributed by atoms with Gasteiger partial charge >= 0.3 is 6.09 Å². The lowest BCUT2D eigenvalue weighted by molar-refractivity contribution is -0.00175. The van der Waals surface area contributed by atoms with Crippen LogP contribution in [0.5, 0.6) is 5.75 Å². The quantitative estimate of drug-likeness (QED) is 0.553. The van der Waals surface area contributed by atoms with Crippen molar-refractivity contribution in [2.75, 3.05) is 27.3 Å². The molecule has 1 aliphatic rings. The maximum absolute atomic E-state index is 12.5. The molecule has 2 unspecified atom stereocenters. The summed E-state index contributed by atoms with van der Waals surface area (Å²) in [4.78, 5) is 18.7. The second kappa shape index (κ2) is 9.80. The van der Waals surface area contributed by atoms with Gasteiger partial charge in [-0.05, 0) is 24.1 Å². The summed E-state index contributed by atoms with van der Waals surface area (Å²) in [7, 11) is 3.25. The van der Waals surface area contributed by atoms with Gasteiger partial charge in [0.05, 0.1) is 13.7 Å². The Balaban J connectivity index is 1.62. The van der Waals surface area contributed by atoms with Crippen LogP contribution in [0.4, 0.5) is 4.79 Å². The third-order valence-corrected chi connectivity index (χ3v) is 5.70. The Morgan fingerprint density at radius 3 is 2.66 bits per heavy atom. The fourth-order valence-corrected chi connectivity index (χ4v) is 3.70. The van der Waals surface area contributed by atoms with E-state index in [2.05, 4.69) is 17.6 Å². The summed E-state index contributed by atoms with van der Waals surface area (Å²) < 4.78 is 16.6. The number of hydrogen-bond acceptors (Lipinski definition) is 6. The first kappa shape index (κ1) is 21.2. The number of carbonyl (C=O) groups excluding carboxylic acids is 1. The molecular formula is C22H26N2O4S. The number of aliphatic imine (C=N–C) groups is 1. The number of rotatable bonds is 7. The summed E-state index contributed by atoms with van der Waals surface area (Å²) in [6, 6.07) is 17.2. The van der Waals surface area contributed by atoms with E-state index in [4.69, 9.17) is 14.2 Å². The minimum Gasteiger partial charge on any atom is -0.496 e. The van der Waals surface area contributed by atoms with Gasteiger partial charge in [-0.2, -0.15) is 0 Å². The molecular weight excluding hydrogens is 388 g/mol. The van der Waals surface area contributed by atoms with E-state index in [1.54, 1.807) is 25.3 Å². The number of ether oxygens (including phenoxy) is 3. The van der Waals surface area contributed by atoms with Crippen molar-refractivity contribution in [3.8, 4) is 5.75 Å². The Labute approximate surface area is 176 Å². The van der Waals surface area contributed by atoms with Crippen LogP contribution in [-0.2, 0) is 16.1 Å². The Bertz CT molecular complexity index is 846. The SMILES string of the molecule is COc1ccccc1/C=N/C(S)C1(OC)CCN(C(=O)OCc2ccccc2)C1. The van der Waals surface area contributed by atoms with Gasteiger partial charge in [0.25, 0.3) is 0 Å². The van der Waals surface area contributed by atoms with E-state index in [0.29, 0.717) is 19.5 Å². The van der Waals surface area contributed by atoms with Crippen molar-refractivity contribution in [3.05, 3.63) is 65.7 Å². The van der Waals surface area contributed by atoms with Crippen LogP contribution in [0, 0.1) is 0 Å². The van der Waals surface area contributed by atoms with Gasteiger partial charge in [-0.15, -0.1) is 12.6 Å². The molecule has 0 bridgehead atoms. The molecule has 154 valence electrons. The summed E-state index contributed by atoms with van der Waals surface area (Å²) in [5, 5.41) is -0.440. The zero-order valence-corrected chi connectivity index (χ0v) is 17.5. The van der Waals surface area contributed by atoms with Crippen molar-refractivity contribution >= 4 is 24.9 Å². The molecule has 1 amide bonds. The molecule has 1 saturated heterocycles. The first-order valence-electron chi connectivity index (χ1n) is 9.43. The molecule has 2 atom stereocenters. The average Bonchev–Trinajstić information content (AvgIpc) is 3.23. The van der Waals surface area contributed by atoms with Crippen LogP contribution in [0.1, 0.15) is 17.5 Å². The van der Waals surface area contributed by atoms with Crippen molar-refractivity contribution in [2.24, 2.45) is 4.99 Å². The first-order chi connectivity index (χ1) is 14.1. The summed E-state index contributed by atoms with van der Waals surface area (Å²) in [6.45, 7) is 1.14. The number of thiol groups is 1. The van der Waals surface area contributed by atoms with Crippen molar-refractivity contribution < 1.29 is 19.0 Å². The van der Waals surface area contributed by atoms with Gasteiger partial charge in [0.15, 0.2) is 0 Å². The summed E-state index contributed by atoms with van der Waals surface area (Å²) in [5.41, 5.74) is 1.14. The Hall–Kier alpha value is -2.51. The maximum Gasteiger partial charge on any atom is 0.410 e. The molecule has 3 rings (SSSR count). The zero-order chi connectivity index (χ0) is 20.7. The molecule has 7 heteroatoms. The molecule has 0 N–H and O–H groups in total. The maximum atomic E-state index is 12.5. The molecule has 6 nitrogen and oxygen atoms in total. The number of para-hydroxylation sites is 1. The van der Waals surface area contributed by atoms with E-state index >= 15 is 0 Å². The normalized spacial score (nSPS) is 20.0. The summed E-state index contributed by atoms with van der Waals surface area (Å²) in [5.74, 6) is 0.737. The lowest BCUT2D eigenvalue weighted by Crippen LogP contribution is -2.44. The van der Waals surface area contributed by atoms with Crippen molar-refractivity contribution in [1.82, 2.24) is 4.90 Å². The van der Waals surface area contributed by atoms with E-state index in [9.17, 15) is 4.79 Å². The number of hydrogen-bond donors (Lipinski definition) is 1. The largest absolute Gasteiger partial charge is 0.496 e. The highest BCUT2D eigenvalue weighted by molar-refractivity contribution is 7.81. The Morgan fingerprint density at radius 2 is 1.93 bits per heavy atom. The summed E-state index contributed by atoms with van der Waals surface area (Å²) >= 11 is 4.66. The Kier molecular flexibility index (Phi) is 7.17. The molecule has 1 aliphatic heterocycles. The van der Waals surface area contributed by atoms with Crippen LogP contribution < -0.4 is 4.74 Å². The molecule has 2 aromatic rings. The topological polar surface area (TPSA) is 60.4 Å². The molecule has 0 radical (unpaired) electrons. The van der Waals surface area contributed by atoms with E-state index in [1.807, 2.05) is 54.6 Å². The minimum atomic E-state index is -0.673. The van der Waals surface area contributed by atoms with Crippen LogP contribution in [0.3, 0.4) is 0 Å². The summed E-state index contributed by atoms with van der Waals surface area (Å²) in [6.07, 6.45) is 2.00. The highest BCUT2D eigenvalue weighted by Crippen LogP contribution is 2.33. The van der Waals surface area contributed by atoms with Crippen molar-refractivity contribution in [1.29, 1.82) is 0 Å². The van der Waals surface area contributed by atoms with Crippen LogP contribution in [-0.4, -0.2) is 55.5 Å². The minimum absolute atomic E-state index is 0.242. The zero-order valence-electron chi connectivity index (χ0n) is 16.7. The number of nitrogens with zero attached hydrogens (tertiary/aromatic N) is 2. The number of benzene rings is 2. The van der Waals surface area contributed by atoms with Crippen molar-refractivity contribution in [2.45, 2.75) is 24.0 Å². The van der Waals surface area contributed by atoms with E-state index in [0.717, 1.165) is 16.9 Å². The van der Waals surface area contributed by atoms with E-state index < -0.39 is 11.0 Å². The lowest BCUT2D eigenvalue weighted by atomic mass is 10.0. The third kappa shape index (κ3) is 5.10. The molecule has 2 aromatic carbocycles. The predicted octanol–water partition coefficient (Wildman–Crippen LogP) is 3.80. The molecule has 0 aliphatic carbocycles. The van der Waals surface area contributed by atoms with Gasteiger partial charge in [-0.3, -0.25) is 4.99 Å². The van der Waals surface area contributed by atoms with Gasteiger partial charge < -0.3 is 19.1 Å². The van der Waals surface area contributed by atoms with E-state index in [1.165, 1.54) is 0 Å². The second-order valence-electron chi connectivity index (χ2n) is 6.87. The smallest absolute Gasteiger partial charge is 0.410 e. The van der Waals surface area contributed by atoms with Gasteiger partial charge in [-0.25, -0.2) is 4.79 Å². The molecule has 0 spiro atoms. The molecule has 29 heavy (non-hydrogen) atoms. The number of likely N-dealkylation sites (tertiary alicyclic amines) is 1. The van der Waals surface area contributed by atoms with Gasteiger partial charge in [0.2, 0.25) is 0 Å². The molecule has 1 heterocycles. The molecule has 0 saturated carbocycles. The van der Waals surface area contributed by atoms with E-state index in [-0.39, 0.29) is 12.7 Å². The van der Waals surface area contributed by atoms with Crippen LogP contribution >= 0.6 is 12.6 Å². The second-order valence-corrected chi connectivity index (χ2v) is 7.36. The van der Waals surface area contributed by atoms with Crippen LogP contribution in [0.25, 0.3) is 0 Å². The molecule has 1 fully saturated rings. The average molecular weight is 415 g/mol. The standard InChI is InChI=1S/C22H26N2O4S/c1-26-19-11-7-6-10-18(19)14-23-20(29)22(27-2)12-13-24(16-22)21(25)28-15-17-8-4-3-5-9-17/h3-11,14,20,29H,12-13,15-16H2,1-2H3/b23-14+. The number of carbonyl (C=O) groups is 1. The van der Waals surface area contributed by atoms with Gasteiger partial charge in [-0.1, -0.05) is 42.5 Å². The van der Waals surface area contributed by atoms with Crippen molar-refractivity contribution in [3.63, 3.8) is 0 Å². The van der Waals surface area contributed by atoms with Crippen LogP contribution in [0.2, 0.25) is 0 Å². The monoisotopic (exact) mass is 414 g/mol. The predicted molar refractivity (Wildman–Crippen MR) is 116 cm³/mol. The number of amides is 1. The fourth-order valence-electron chi connectivity index (χ4n) is 3.31. The highest BCUT2D eigenvalue weighted by Gasteiger charge is 2.45. The number of methoxy groups -OCH3 is 2. The van der Waals surface area contributed by atoms with Gasteiger partial charge in [0, 0.05) is 25.4 Å².